The van der Waals surface area contributed by atoms with Crippen LogP contribution in [0.15, 0.2) is 0 Å². The molecule has 0 aliphatic carbocycles. The molecule has 0 bridgehead atoms. The highest BCUT2D eigenvalue weighted by Gasteiger charge is 2.23. The van der Waals surface area contributed by atoms with Crippen molar-refractivity contribution in [2.45, 2.75) is 31.3 Å². The molecule has 7 heteroatoms. The van der Waals surface area contributed by atoms with Gasteiger partial charge in [0.05, 0.1) is 12.6 Å². The molecule has 0 aromatic carbocycles. The van der Waals surface area contributed by atoms with Crippen LogP contribution in [0.25, 0.3) is 0 Å². The number of hydrogen-bond donors (Lipinski definition) is 3. The molecule has 1 aliphatic rings. The molecule has 1 saturated heterocycles. The molecule has 0 radical (unpaired) electrons. The predicted molar refractivity (Wildman–Crippen MR) is 76.1 cm³/mol. The first-order valence-corrected chi connectivity index (χ1v) is 7.04. The summed E-state index contributed by atoms with van der Waals surface area (Å²) in [7, 11) is 3.23. The van der Waals surface area contributed by atoms with Gasteiger partial charge in [0, 0.05) is 39.9 Å². The Labute approximate surface area is 120 Å². The quantitative estimate of drug-likeness (QED) is 0.539. The van der Waals surface area contributed by atoms with Gasteiger partial charge in [-0.15, -0.1) is 0 Å². The maximum Gasteiger partial charge on any atom is 0.237 e. The number of carbonyl (C=O) groups excluding carboxylic acids is 2. The van der Waals surface area contributed by atoms with E-state index in [0.717, 1.165) is 25.9 Å². The number of nitrogens with one attached hydrogen (secondary N) is 2. The van der Waals surface area contributed by atoms with E-state index in [0.29, 0.717) is 19.6 Å². The van der Waals surface area contributed by atoms with Crippen LogP contribution >= 0.6 is 0 Å². The average Bonchev–Trinajstić information content (AvgIpc) is 2.46. The molecule has 7 nitrogen and oxygen atoms in total. The molecule has 0 aromatic heterocycles. The van der Waals surface area contributed by atoms with Crippen molar-refractivity contribution in [3.63, 3.8) is 0 Å². The van der Waals surface area contributed by atoms with E-state index >= 15 is 0 Å². The number of nitrogens with two attached hydrogens (primary N) is 1. The molecule has 0 aromatic rings. The Morgan fingerprint density at radius 3 is 2.60 bits per heavy atom. The number of likely N-dealkylation sites (tertiary alicyclic amines) is 1. The lowest BCUT2D eigenvalue weighted by Crippen LogP contribution is -2.50. The van der Waals surface area contributed by atoms with Crippen molar-refractivity contribution >= 4 is 11.8 Å². The normalized spacial score (nSPS) is 18.6. The monoisotopic (exact) mass is 286 g/mol. The van der Waals surface area contributed by atoms with E-state index in [4.69, 9.17) is 10.5 Å². The van der Waals surface area contributed by atoms with Gasteiger partial charge in [0.15, 0.2) is 0 Å². The molecule has 4 N–H and O–H groups in total. The van der Waals surface area contributed by atoms with E-state index in [1.807, 2.05) is 0 Å². The second kappa shape index (κ2) is 8.89. The van der Waals surface area contributed by atoms with Crippen molar-refractivity contribution in [2.24, 2.45) is 5.73 Å². The second-order valence-electron chi connectivity index (χ2n) is 5.12. The van der Waals surface area contributed by atoms with Gasteiger partial charge in [-0.1, -0.05) is 0 Å². The van der Waals surface area contributed by atoms with E-state index in [9.17, 15) is 9.59 Å². The molecule has 2 amide bonds. The van der Waals surface area contributed by atoms with Crippen molar-refractivity contribution in [1.29, 1.82) is 0 Å². The minimum absolute atomic E-state index is 0.0223. The summed E-state index contributed by atoms with van der Waals surface area (Å²) in [4.78, 5) is 25.2. The van der Waals surface area contributed by atoms with Crippen molar-refractivity contribution in [3.05, 3.63) is 0 Å². The van der Waals surface area contributed by atoms with Crippen LogP contribution in [0.2, 0.25) is 0 Å². The lowest BCUT2D eigenvalue weighted by atomic mass is 10.0. The minimum atomic E-state index is -0.515. The number of likely N-dealkylation sites (N-methyl/N-ethyl adjacent to an activating group) is 1. The summed E-state index contributed by atoms with van der Waals surface area (Å²) in [5.41, 5.74) is 5.78. The Kier molecular flexibility index (Phi) is 7.50. The van der Waals surface area contributed by atoms with Crippen LogP contribution in [-0.2, 0) is 14.3 Å². The van der Waals surface area contributed by atoms with Gasteiger partial charge in [-0.3, -0.25) is 14.5 Å². The number of hydrogen-bond acceptors (Lipinski definition) is 5. The van der Waals surface area contributed by atoms with Crippen LogP contribution in [0, 0.1) is 0 Å². The fraction of sp³-hybridized carbons (Fsp3) is 0.846. The van der Waals surface area contributed by atoms with E-state index in [2.05, 4.69) is 15.5 Å². The van der Waals surface area contributed by atoms with E-state index in [1.165, 1.54) is 0 Å². The van der Waals surface area contributed by atoms with E-state index < -0.39 is 6.04 Å². The van der Waals surface area contributed by atoms with Gasteiger partial charge in [-0.2, -0.15) is 0 Å². The topological polar surface area (TPSA) is 96.7 Å². The molecule has 0 spiro atoms. The number of ether oxygens (including phenoxy) is 1. The molecule has 116 valence electrons. The molecule has 20 heavy (non-hydrogen) atoms. The third kappa shape index (κ3) is 5.85. The summed E-state index contributed by atoms with van der Waals surface area (Å²) in [6.07, 6.45) is 2.22. The number of methoxy groups -OCH3 is 1. The first-order valence-electron chi connectivity index (χ1n) is 7.04. The maximum absolute atomic E-state index is 11.9. The smallest absolute Gasteiger partial charge is 0.237 e. The molecule has 1 fully saturated rings. The summed E-state index contributed by atoms with van der Waals surface area (Å²) >= 11 is 0. The standard InChI is InChI=1S/C13H26N4O3/c1-15-12(18)9-17-6-3-10(4-7-17)16-13(19)11(14)5-8-20-2/h10-11H,3-9,14H2,1-2H3,(H,15,18)(H,16,19). The molecule has 1 heterocycles. The van der Waals surface area contributed by atoms with Crippen LogP contribution in [-0.4, -0.2) is 69.2 Å². The maximum atomic E-state index is 11.9. The van der Waals surface area contributed by atoms with Gasteiger partial charge in [0.25, 0.3) is 0 Å². The predicted octanol–water partition coefficient (Wildman–Crippen LogP) is -1.32. The number of piperidine rings is 1. The Hall–Kier alpha value is -1.18. The number of amides is 2. The lowest BCUT2D eigenvalue weighted by Gasteiger charge is -2.32. The highest BCUT2D eigenvalue weighted by molar-refractivity contribution is 5.81. The summed E-state index contributed by atoms with van der Waals surface area (Å²) in [6.45, 7) is 2.53. The number of nitrogens with zero attached hydrogens (tertiary/aromatic N) is 1. The zero-order valence-electron chi connectivity index (χ0n) is 12.4. The van der Waals surface area contributed by atoms with Crippen molar-refractivity contribution in [2.75, 3.05) is 40.4 Å². The lowest BCUT2D eigenvalue weighted by molar-refractivity contribution is -0.125. The summed E-state index contributed by atoms with van der Waals surface area (Å²) in [5, 5.41) is 5.58. The highest BCUT2D eigenvalue weighted by Crippen LogP contribution is 2.10. The molecule has 1 aliphatic heterocycles. The van der Waals surface area contributed by atoms with Crippen LogP contribution < -0.4 is 16.4 Å². The van der Waals surface area contributed by atoms with E-state index in [1.54, 1.807) is 14.2 Å². The molecule has 1 unspecified atom stereocenters. The number of rotatable bonds is 7. The zero-order chi connectivity index (χ0) is 15.0. The third-order valence-electron chi connectivity index (χ3n) is 3.55. The first kappa shape index (κ1) is 16.9. The van der Waals surface area contributed by atoms with Crippen molar-refractivity contribution in [3.8, 4) is 0 Å². The van der Waals surface area contributed by atoms with Gasteiger partial charge in [-0.05, 0) is 19.3 Å². The Morgan fingerprint density at radius 1 is 1.40 bits per heavy atom. The van der Waals surface area contributed by atoms with Crippen LogP contribution in [0.3, 0.4) is 0 Å². The molecular weight excluding hydrogens is 260 g/mol. The first-order chi connectivity index (χ1) is 9.56. The van der Waals surface area contributed by atoms with Crippen LogP contribution in [0.4, 0.5) is 0 Å². The van der Waals surface area contributed by atoms with Gasteiger partial charge >= 0.3 is 0 Å². The summed E-state index contributed by atoms with van der Waals surface area (Å²) in [5.74, 6) is -0.0964. The molecule has 0 saturated carbocycles. The van der Waals surface area contributed by atoms with E-state index in [-0.39, 0.29) is 17.9 Å². The summed E-state index contributed by atoms with van der Waals surface area (Å²) < 4.78 is 4.91. The molecule has 1 atom stereocenters. The summed E-state index contributed by atoms with van der Waals surface area (Å²) in [6, 6.07) is -0.365. The third-order valence-corrected chi connectivity index (χ3v) is 3.55. The Balaban J connectivity index is 2.24. The Morgan fingerprint density at radius 2 is 2.05 bits per heavy atom. The van der Waals surface area contributed by atoms with Crippen molar-refractivity contribution < 1.29 is 14.3 Å². The fourth-order valence-electron chi connectivity index (χ4n) is 2.20. The minimum Gasteiger partial charge on any atom is -0.385 e. The highest BCUT2D eigenvalue weighted by atomic mass is 16.5. The SMILES string of the molecule is CNC(=O)CN1CCC(NC(=O)C(N)CCOC)CC1. The van der Waals surface area contributed by atoms with Crippen LogP contribution in [0.1, 0.15) is 19.3 Å². The van der Waals surface area contributed by atoms with Gasteiger partial charge in [0.2, 0.25) is 11.8 Å². The molecule has 1 rings (SSSR count). The zero-order valence-corrected chi connectivity index (χ0v) is 12.4. The fourth-order valence-corrected chi connectivity index (χ4v) is 2.20. The largest absolute Gasteiger partial charge is 0.385 e. The van der Waals surface area contributed by atoms with Gasteiger partial charge in [0.1, 0.15) is 0 Å². The van der Waals surface area contributed by atoms with Gasteiger partial charge in [-0.25, -0.2) is 0 Å². The Bertz CT molecular complexity index is 317. The van der Waals surface area contributed by atoms with Crippen molar-refractivity contribution in [1.82, 2.24) is 15.5 Å². The van der Waals surface area contributed by atoms with Gasteiger partial charge < -0.3 is 21.1 Å². The average molecular weight is 286 g/mol. The number of carbonyl (C=O) groups is 2. The second-order valence-corrected chi connectivity index (χ2v) is 5.12. The van der Waals surface area contributed by atoms with Crippen LogP contribution in [0.5, 0.6) is 0 Å². The molecular formula is C13H26N4O3.